The summed E-state index contributed by atoms with van der Waals surface area (Å²) < 4.78 is 0. The summed E-state index contributed by atoms with van der Waals surface area (Å²) in [6, 6.07) is 9.82. The molecular weight excluding hydrogens is 160 g/mol. The lowest BCUT2D eigenvalue weighted by Crippen LogP contribution is -2.22. The standard InChI is InChI=1S/C11H14N2/c1-8(9(2)13)11-5-3-10(7-12)4-6-11/h3-6,8-9H,13H2,1-2H3. The van der Waals surface area contributed by atoms with Gasteiger partial charge in [0.15, 0.2) is 0 Å². The van der Waals surface area contributed by atoms with E-state index in [1.54, 1.807) is 0 Å². The average molecular weight is 174 g/mol. The molecule has 0 aliphatic heterocycles. The number of benzene rings is 1. The molecule has 1 aromatic carbocycles. The summed E-state index contributed by atoms with van der Waals surface area (Å²) in [6.45, 7) is 4.08. The van der Waals surface area contributed by atoms with Gasteiger partial charge in [-0.05, 0) is 30.5 Å². The maximum absolute atomic E-state index is 8.60. The van der Waals surface area contributed by atoms with Crippen molar-refractivity contribution in [3.05, 3.63) is 35.4 Å². The van der Waals surface area contributed by atoms with Crippen molar-refractivity contribution >= 4 is 0 Å². The highest BCUT2D eigenvalue weighted by Gasteiger charge is 2.09. The van der Waals surface area contributed by atoms with Crippen molar-refractivity contribution in [2.75, 3.05) is 0 Å². The van der Waals surface area contributed by atoms with Gasteiger partial charge in [0, 0.05) is 6.04 Å². The highest BCUT2D eigenvalue weighted by molar-refractivity contribution is 5.33. The van der Waals surface area contributed by atoms with Gasteiger partial charge in [-0.2, -0.15) is 5.26 Å². The fraction of sp³-hybridized carbons (Fsp3) is 0.364. The third-order valence-corrected chi connectivity index (χ3v) is 2.35. The zero-order valence-electron chi connectivity index (χ0n) is 7.99. The Kier molecular flexibility index (Phi) is 3.05. The average Bonchev–Trinajstić information content (AvgIpc) is 2.17. The van der Waals surface area contributed by atoms with Gasteiger partial charge in [0.25, 0.3) is 0 Å². The van der Waals surface area contributed by atoms with Crippen LogP contribution in [0, 0.1) is 11.3 Å². The van der Waals surface area contributed by atoms with Gasteiger partial charge in [0.1, 0.15) is 0 Å². The van der Waals surface area contributed by atoms with Gasteiger partial charge < -0.3 is 5.73 Å². The summed E-state index contributed by atoms with van der Waals surface area (Å²) in [7, 11) is 0. The third kappa shape index (κ3) is 2.30. The van der Waals surface area contributed by atoms with Gasteiger partial charge in [-0.25, -0.2) is 0 Å². The highest BCUT2D eigenvalue weighted by Crippen LogP contribution is 2.17. The van der Waals surface area contributed by atoms with E-state index in [4.69, 9.17) is 11.0 Å². The quantitative estimate of drug-likeness (QED) is 0.745. The minimum atomic E-state index is 0.146. The molecule has 0 heterocycles. The molecule has 0 saturated carbocycles. The maximum Gasteiger partial charge on any atom is 0.0991 e. The van der Waals surface area contributed by atoms with Crippen LogP contribution in [0.4, 0.5) is 0 Å². The summed E-state index contributed by atoms with van der Waals surface area (Å²) in [6.07, 6.45) is 0. The monoisotopic (exact) mass is 174 g/mol. The molecule has 68 valence electrons. The van der Waals surface area contributed by atoms with Crippen molar-refractivity contribution < 1.29 is 0 Å². The minimum absolute atomic E-state index is 0.146. The van der Waals surface area contributed by atoms with Crippen LogP contribution >= 0.6 is 0 Å². The Morgan fingerprint density at radius 2 is 1.77 bits per heavy atom. The van der Waals surface area contributed by atoms with E-state index < -0.39 is 0 Å². The Bertz CT molecular complexity index is 306. The molecule has 2 N–H and O–H groups in total. The second kappa shape index (κ2) is 4.06. The van der Waals surface area contributed by atoms with E-state index in [1.165, 1.54) is 5.56 Å². The van der Waals surface area contributed by atoms with E-state index in [0.717, 1.165) is 0 Å². The van der Waals surface area contributed by atoms with Gasteiger partial charge in [-0.3, -0.25) is 0 Å². The van der Waals surface area contributed by atoms with Gasteiger partial charge in [0.2, 0.25) is 0 Å². The first kappa shape index (κ1) is 9.76. The van der Waals surface area contributed by atoms with E-state index in [2.05, 4.69) is 13.0 Å². The Morgan fingerprint density at radius 1 is 1.23 bits per heavy atom. The normalized spacial score (nSPS) is 14.6. The number of hydrogen-bond donors (Lipinski definition) is 1. The van der Waals surface area contributed by atoms with Crippen LogP contribution in [0.25, 0.3) is 0 Å². The predicted molar refractivity (Wildman–Crippen MR) is 53.2 cm³/mol. The topological polar surface area (TPSA) is 49.8 Å². The fourth-order valence-corrected chi connectivity index (χ4v) is 1.16. The number of nitrogens with zero attached hydrogens (tertiary/aromatic N) is 1. The van der Waals surface area contributed by atoms with Crippen molar-refractivity contribution in [3.8, 4) is 6.07 Å². The predicted octanol–water partition coefficient (Wildman–Crippen LogP) is 2.01. The first-order chi connectivity index (χ1) is 6.15. The largest absolute Gasteiger partial charge is 0.327 e. The van der Waals surface area contributed by atoms with Crippen LogP contribution in [0.15, 0.2) is 24.3 Å². The molecule has 1 rings (SSSR count). The summed E-state index contributed by atoms with van der Waals surface area (Å²) in [5.41, 5.74) is 7.66. The molecule has 0 aliphatic rings. The van der Waals surface area contributed by atoms with Gasteiger partial charge in [-0.1, -0.05) is 19.1 Å². The molecule has 0 bridgehead atoms. The molecular formula is C11H14N2. The zero-order chi connectivity index (χ0) is 9.84. The van der Waals surface area contributed by atoms with Crippen LogP contribution in [-0.2, 0) is 0 Å². The SMILES string of the molecule is CC(N)C(C)c1ccc(C#N)cc1. The molecule has 2 heteroatoms. The van der Waals surface area contributed by atoms with Crippen LogP contribution in [0.3, 0.4) is 0 Å². The Balaban J connectivity index is 2.87. The van der Waals surface area contributed by atoms with Crippen LogP contribution in [0.5, 0.6) is 0 Å². The minimum Gasteiger partial charge on any atom is -0.327 e. The van der Waals surface area contributed by atoms with Crippen LogP contribution in [0.2, 0.25) is 0 Å². The number of nitrogens with two attached hydrogens (primary N) is 1. The molecule has 2 unspecified atom stereocenters. The lowest BCUT2D eigenvalue weighted by Gasteiger charge is -2.15. The molecule has 0 spiro atoms. The summed E-state index contributed by atoms with van der Waals surface area (Å²) >= 11 is 0. The van der Waals surface area contributed by atoms with Crippen LogP contribution in [-0.4, -0.2) is 6.04 Å². The van der Waals surface area contributed by atoms with Crippen molar-refractivity contribution in [1.29, 1.82) is 5.26 Å². The first-order valence-corrected chi connectivity index (χ1v) is 4.41. The summed E-state index contributed by atoms with van der Waals surface area (Å²) in [5, 5.41) is 8.60. The van der Waals surface area contributed by atoms with Crippen molar-refractivity contribution in [3.63, 3.8) is 0 Å². The molecule has 1 aromatic rings. The molecule has 0 aliphatic carbocycles. The lowest BCUT2D eigenvalue weighted by atomic mass is 9.94. The van der Waals surface area contributed by atoms with E-state index in [0.29, 0.717) is 11.5 Å². The first-order valence-electron chi connectivity index (χ1n) is 4.41. The molecule has 0 amide bonds. The molecule has 0 saturated heterocycles. The molecule has 13 heavy (non-hydrogen) atoms. The summed E-state index contributed by atoms with van der Waals surface area (Å²) in [4.78, 5) is 0. The van der Waals surface area contributed by atoms with E-state index >= 15 is 0 Å². The van der Waals surface area contributed by atoms with Crippen molar-refractivity contribution in [1.82, 2.24) is 0 Å². The smallest absolute Gasteiger partial charge is 0.0991 e. The summed E-state index contributed by atoms with van der Waals surface area (Å²) in [5.74, 6) is 0.341. The van der Waals surface area contributed by atoms with Crippen LogP contribution in [0.1, 0.15) is 30.9 Å². The fourth-order valence-electron chi connectivity index (χ4n) is 1.16. The number of nitriles is 1. The van der Waals surface area contributed by atoms with Crippen molar-refractivity contribution in [2.45, 2.75) is 25.8 Å². The Hall–Kier alpha value is -1.33. The van der Waals surface area contributed by atoms with Crippen molar-refractivity contribution in [2.24, 2.45) is 5.73 Å². The van der Waals surface area contributed by atoms with E-state index in [9.17, 15) is 0 Å². The second-order valence-electron chi connectivity index (χ2n) is 3.38. The van der Waals surface area contributed by atoms with Crippen LogP contribution < -0.4 is 5.73 Å². The van der Waals surface area contributed by atoms with Gasteiger partial charge in [-0.15, -0.1) is 0 Å². The van der Waals surface area contributed by atoms with Gasteiger partial charge >= 0.3 is 0 Å². The highest BCUT2D eigenvalue weighted by atomic mass is 14.6. The Labute approximate surface area is 79.0 Å². The third-order valence-electron chi connectivity index (χ3n) is 2.35. The maximum atomic E-state index is 8.60. The molecule has 0 aromatic heterocycles. The number of rotatable bonds is 2. The molecule has 2 nitrogen and oxygen atoms in total. The second-order valence-corrected chi connectivity index (χ2v) is 3.38. The lowest BCUT2D eigenvalue weighted by molar-refractivity contribution is 0.613. The molecule has 0 radical (unpaired) electrons. The number of hydrogen-bond acceptors (Lipinski definition) is 2. The van der Waals surface area contributed by atoms with E-state index in [-0.39, 0.29) is 6.04 Å². The zero-order valence-corrected chi connectivity index (χ0v) is 7.99. The molecule has 2 atom stereocenters. The Morgan fingerprint density at radius 3 is 2.15 bits per heavy atom. The van der Waals surface area contributed by atoms with E-state index in [1.807, 2.05) is 31.2 Å². The van der Waals surface area contributed by atoms with Gasteiger partial charge in [0.05, 0.1) is 11.6 Å². The molecule has 0 fully saturated rings.